The highest BCUT2D eigenvalue weighted by Crippen LogP contribution is 2.24. The number of hydrogen-bond acceptors (Lipinski definition) is 2. The van der Waals surface area contributed by atoms with Crippen molar-refractivity contribution in [1.82, 2.24) is 5.32 Å². The van der Waals surface area contributed by atoms with Gasteiger partial charge in [-0.2, -0.15) is 0 Å². The topological polar surface area (TPSA) is 25.2 Å². The molecular weight excluding hydrogens is 222 g/mol. The van der Waals surface area contributed by atoms with Crippen LogP contribution in [0.3, 0.4) is 0 Å². The Labute approximate surface area is 109 Å². The Morgan fingerprint density at radius 2 is 2.11 bits per heavy atom. The maximum absolute atomic E-state index is 5.57. The summed E-state index contributed by atoms with van der Waals surface area (Å²) in [4.78, 5) is 0. The molecule has 96 valence electrons. The van der Waals surface area contributed by atoms with Gasteiger partial charge in [0.2, 0.25) is 0 Å². The quantitative estimate of drug-likeness (QED) is 0.856. The first-order valence-electron chi connectivity index (χ1n) is 6.59. The Morgan fingerprint density at radius 3 is 2.83 bits per heavy atom. The highest BCUT2D eigenvalue weighted by atomic mass is 16.3. The van der Waals surface area contributed by atoms with E-state index in [-0.39, 0.29) is 0 Å². The standard InChI is InChI=1S/C16H21NO/c1-4-17-10-13(12(2)3)9-14-11-18-16-8-6-5-7-15(14)16/h5-9,11-12,17H,4,10H2,1-3H3/b13-9-. The van der Waals surface area contributed by atoms with Crippen molar-refractivity contribution >= 4 is 17.0 Å². The molecule has 0 amide bonds. The minimum absolute atomic E-state index is 0.540. The van der Waals surface area contributed by atoms with E-state index >= 15 is 0 Å². The molecule has 0 aliphatic carbocycles. The van der Waals surface area contributed by atoms with Crippen molar-refractivity contribution in [3.8, 4) is 0 Å². The summed E-state index contributed by atoms with van der Waals surface area (Å²) in [6.07, 6.45) is 4.10. The van der Waals surface area contributed by atoms with Crippen LogP contribution in [0.15, 0.2) is 40.5 Å². The van der Waals surface area contributed by atoms with E-state index in [1.54, 1.807) is 0 Å². The van der Waals surface area contributed by atoms with Crippen molar-refractivity contribution in [1.29, 1.82) is 0 Å². The zero-order chi connectivity index (χ0) is 13.0. The van der Waals surface area contributed by atoms with Gasteiger partial charge in [0.05, 0.1) is 6.26 Å². The van der Waals surface area contributed by atoms with Gasteiger partial charge in [-0.3, -0.25) is 0 Å². The van der Waals surface area contributed by atoms with Crippen molar-refractivity contribution in [3.05, 3.63) is 41.7 Å². The van der Waals surface area contributed by atoms with Gasteiger partial charge in [0, 0.05) is 17.5 Å². The Balaban J connectivity index is 2.34. The van der Waals surface area contributed by atoms with Gasteiger partial charge in [0.1, 0.15) is 5.58 Å². The third kappa shape index (κ3) is 2.82. The van der Waals surface area contributed by atoms with Crippen molar-refractivity contribution in [2.45, 2.75) is 20.8 Å². The molecule has 0 aliphatic heterocycles. The minimum Gasteiger partial charge on any atom is -0.464 e. The monoisotopic (exact) mass is 243 g/mol. The molecule has 0 aliphatic rings. The fourth-order valence-electron chi connectivity index (χ4n) is 2.00. The second-order valence-corrected chi connectivity index (χ2v) is 4.84. The van der Waals surface area contributed by atoms with Gasteiger partial charge in [0.15, 0.2) is 0 Å². The van der Waals surface area contributed by atoms with Crippen LogP contribution < -0.4 is 5.32 Å². The van der Waals surface area contributed by atoms with E-state index in [2.05, 4.69) is 44.3 Å². The van der Waals surface area contributed by atoms with Crippen LogP contribution in [0.1, 0.15) is 26.3 Å². The average Bonchev–Trinajstić information content (AvgIpc) is 2.77. The zero-order valence-electron chi connectivity index (χ0n) is 11.4. The lowest BCUT2D eigenvalue weighted by molar-refractivity contribution is 0.614. The lowest BCUT2D eigenvalue weighted by Gasteiger charge is -2.11. The summed E-state index contributed by atoms with van der Waals surface area (Å²) in [6.45, 7) is 8.52. The number of fused-ring (bicyclic) bond motifs is 1. The molecule has 0 bridgehead atoms. The predicted octanol–water partition coefficient (Wildman–Crippen LogP) is 4.08. The molecule has 1 aromatic carbocycles. The zero-order valence-corrected chi connectivity index (χ0v) is 11.4. The summed E-state index contributed by atoms with van der Waals surface area (Å²) in [5.74, 6) is 0.540. The second kappa shape index (κ2) is 5.87. The highest BCUT2D eigenvalue weighted by molar-refractivity contribution is 5.87. The average molecular weight is 243 g/mol. The molecule has 1 heterocycles. The number of furan rings is 1. The Hall–Kier alpha value is -1.54. The molecule has 2 rings (SSSR count). The normalized spacial score (nSPS) is 12.6. The summed E-state index contributed by atoms with van der Waals surface area (Å²) in [5.41, 5.74) is 3.53. The third-order valence-electron chi connectivity index (χ3n) is 3.17. The number of nitrogens with one attached hydrogen (secondary N) is 1. The fourth-order valence-corrected chi connectivity index (χ4v) is 2.00. The van der Waals surface area contributed by atoms with E-state index in [0.717, 1.165) is 18.7 Å². The van der Waals surface area contributed by atoms with E-state index in [1.807, 2.05) is 18.4 Å². The van der Waals surface area contributed by atoms with Crippen LogP contribution in [0, 0.1) is 5.92 Å². The van der Waals surface area contributed by atoms with Crippen LogP contribution in [0.4, 0.5) is 0 Å². The number of likely N-dealkylation sites (N-methyl/N-ethyl adjacent to an activating group) is 1. The molecular formula is C16H21NO. The van der Waals surface area contributed by atoms with Crippen LogP contribution in [-0.2, 0) is 0 Å². The summed E-state index contributed by atoms with van der Waals surface area (Å²) in [6, 6.07) is 8.16. The second-order valence-electron chi connectivity index (χ2n) is 4.84. The van der Waals surface area contributed by atoms with E-state index in [9.17, 15) is 0 Å². The molecule has 0 unspecified atom stereocenters. The molecule has 0 saturated carbocycles. The molecule has 0 saturated heterocycles. The van der Waals surface area contributed by atoms with Crippen LogP contribution in [0.25, 0.3) is 17.0 Å². The number of para-hydroxylation sites is 1. The molecule has 2 heteroatoms. The number of hydrogen-bond donors (Lipinski definition) is 1. The highest BCUT2D eigenvalue weighted by Gasteiger charge is 2.07. The van der Waals surface area contributed by atoms with Crippen molar-refractivity contribution in [3.63, 3.8) is 0 Å². The summed E-state index contributed by atoms with van der Waals surface area (Å²) in [7, 11) is 0. The fraction of sp³-hybridized carbons (Fsp3) is 0.375. The van der Waals surface area contributed by atoms with E-state index in [4.69, 9.17) is 4.42 Å². The third-order valence-corrected chi connectivity index (χ3v) is 3.17. The first kappa shape index (κ1) is 12.9. The molecule has 2 aromatic rings. The van der Waals surface area contributed by atoms with Crippen molar-refractivity contribution in [2.24, 2.45) is 5.92 Å². The van der Waals surface area contributed by atoms with Crippen molar-refractivity contribution < 1.29 is 4.42 Å². The van der Waals surface area contributed by atoms with Gasteiger partial charge in [-0.1, -0.05) is 50.6 Å². The van der Waals surface area contributed by atoms with Gasteiger partial charge in [0.25, 0.3) is 0 Å². The van der Waals surface area contributed by atoms with E-state index in [0.29, 0.717) is 5.92 Å². The molecule has 1 aromatic heterocycles. The first-order valence-corrected chi connectivity index (χ1v) is 6.59. The van der Waals surface area contributed by atoms with Crippen LogP contribution in [0.2, 0.25) is 0 Å². The molecule has 0 atom stereocenters. The molecule has 0 radical (unpaired) electrons. The summed E-state index contributed by atoms with van der Waals surface area (Å²) in [5, 5.41) is 4.58. The Kier molecular flexibility index (Phi) is 4.21. The molecule has 2 nitrogen and oxygen atoms in total. The van der Waals surface area contributed by atoms with E-state index < -0.39 is 0 Å². The first-order chi connectivity index (χ1) is 8.72. The lowest BCUT2D eigenvalue weighted by Crippen LogP contribution is -2.18. The number of rotatable bonds is 5. The van der Waals surface area contributed by atoms with E-state index in [1.165, 1.54) is 16.5 Å². The maximum Gasteiger partial charge on any atom is 0.134 e. The summed E-state index contributed by atoms with van der Waals surface area (Å²) >= 11 is 0. The maximum atomic E-state index is 5.57. The Morgan fingerprint density at radius 1 is 1.33 bits per heavy atom. The smallest absolute Gasteiger partial charge is 0.134 e. The lowest BCUT2D eigenvalue weighted by atomic mass is 10.00. The molecule has 0 spiro atoms. The van der Waals surface area contributed by atoms with Gasteiger partial charge < -0.3 is 9.73 Å². The van der Waals surface area contributed by atoms with Crippen molar-refractivity contribution in [2.75, 3.05) is 13.1 Å². The molecule has 0 fully saturated rings. The molecule has 18 heavy (non-hydrogen) atoms. The minimum atomic E-state index is 0.540. The van der Waals surface area contributed by atoms with Gasteiger partial charge in [-0.05, 0) is 18.5 Å². The van der Waals surface area contributed by atoms with Crippen LogP contribution in [0.5, 0.6) is 0 Å². The summed E-state index contributed by atoms with van der Waals surface area (Å²) < 4.78 is 5.57. The SMILES string of the molecule is CCNC/C(=C/c1coc2ccccc12)C(C)C. The van der Waals surface area contributed by atoms with Gasteiger partial charge in [-0.25, -0.2) is 0 Å². The molecule has 1 N–H and O–H groups in total. The van der Waals surface area contributed by atoms with Crippen LogP contribution in [-0.4, -0.2) is 13.1 Å². The largest absolute Gasteiger partial charge is 0.464 e. The van der Waals surface area contributed by atoms with Crippen LogP contribution >= 0.6 is 0 Å². The van der Waals surface area contributed by atoms with Gasteiger partial charge >= 0.3 is 0 Å². The predicted molar refractivity (Wildman–Crippen MR) is 77.6 cm³/mol. The van der Waals surface area contributed by atoms with Gasteiger partial charge in [-0.15, -0.1) is 0 Å². The number of benzene rings is 1. The Bertz CT molecular complexity index is 537.